The van der Waals surface area contributed by atoms with Gasteiger partial charge in [0.25, 0.3) is 0 Å². The number of rotatable bonds is 5. The Labute approximate surface area is 227 Å². The number of piperidine rings is 1. The number of aromatic nitrogens is 2. The Morgan fingerprint density at radius 3 is 2.20 bits per heavy atom. The highest BCUT2D eigenvalue weighted by Crippen LogP contribution is 2.45. The molecule has 2 N–H and O–H groups in total. The first kappa shape index (κ1) is 28.7. The Balaban J connectivity index is 1.38. The highest BCUT2D eigenvalue weighted by atomic mass is 19.4. The maximum absolute atomic E-state index is 14.1. The minimum absolute atomic E-state index is 0.0321. The van der Waals surface area contributed by atoms with Crippen molar-refractivity contribution in [3.05, 3.63) is 59.4 Å². The molecule has 3 unspecified atom stereocenters. The van der Waals surface area contributed by atoms with E-state index in [1.807, 2.05) is 18.9 Å². The van der Waals surface area contributed by atoms with Crippen LogP contribution in [-0.2, 0) is 18.0 Å². The van der Waals surface area contributed by atoms with Gasteiger partial charge in [0, 0.05) is 24.2 Å². The van der Waals surface area contributed by atoms with E-state index in [1.165, 1.54) is 29.1 Å². The average Bonchev–Trinajstić information content (AvgIpc) is 3.26. The maximum Gasteiger partial charge on any atom is 0.418 e. The minimum atomic E-state index is -4.68. The van der Waals surface area contributed by atoms with E-state index in [0.717, 1.165) is 18.2 Å². The summed E-state index contributed by atoms with van der Waals surface area (Å²) in [7, 11) is 1.81. The fraction of sp³-hybridized carbons (Fsp3) is 0.536. The molecule has 2 fully saturated rings. The van der Waals surface area contributed by atoms with Crippen LogP contribution in [0, 0.1) is 0 Å². The molecule has 3 aromatic rings. The van der Waals surface area contributed by atoms with Gasteiger partial charge in [0.05, 0.1) is 39.7 Å². The van der Waals surface area contributed by atoms with Crippen molar-refractivity contribution in [2.24, 2.45) is 0 Å². The number of aliphatic hydroxyl groups is 2. The fourth-order valence-corrected chi connectivity index (χ4v) is 6.06. The molecule has 3 atom stereocenters. The van der Waals surface area contributed by atoms with Crippen molar-refractivity contribution < 1.29 is 41.3 Å². The zero-order valence-electron chi connectivity index (χ0n) is 22.2. The first-order valence-electron chi connectivity index (χ1n) is 13.0. The molecular formula is C28H31F6N3O3. The number of likely N-dealkylation sites (N-methyl/N-ethyl adjacent to an activating group) is 1. The van der Waals surface area contributed by atoms with Gasteiger partial charge in [0.15, 0.2) is 0 Å². The predicted octanol–water partition coefficient (Wildman–Crippen LogP) is 5.91. The van der Waals surface area contributed by atoms with Crippen LogP contribution in [0.4, 0.5) is 26.3 Å². The van der Waals surface area contributed by atoms with Crippen LogP contribution in [0.25, 0.3) is 11.0 Å². The van der Waals surface area contributed by atoms with Crippen LogP contribution in [0.15, 0.2) is 42.7 Å². The summed E-state index contributed by atoms with van der Waals surface area (Å²) in [4.78, 5) is 6.13. The van der Waals surface area contributed by atoms with E-state index < -0.39 is 40.7 Å². The summed E-state index contributed by atoms with van der Waals surface area (Å²) in [5, 5.41) is 21.5. The number of fused-ring (bicyclic) bond motifs is 1. The lowest BCUT2D eigenvalue weighted by atomic mass is 9.77. The molecule has 1 aromatic heterocycles. The standard InChI is InChI=1S/C28H31F6N3O3/c1-16-10-26(39,17-4-6-18(7-5-17)27(29,30)31)13-20(36(16)3)14-40-21-8-22(28(32,33)34)24-23(9-21)35-15-37(24)19-11-25(2,38)12-19/h4-9,15-16,19-20,38-39H,10-14H2,1-3H3. The second kappa shape index (κ2) is 9.63. The zero-order valence-corrected chi connectivity index (χ0v) is 22.2. The van der Waals surface area contributed by atoms with Gasteiger partial charge in [-0.2, -0.15) is 26.3 Å². The molecule has 0 radical (unpaired) electrons. The number of hydrogen-bond donors (Lipinski definition) is 2. The van der Waals surface area contributed by atoms with E-state index in [-0.39, 0.29) is 48.3 Å². The number of nitrogens with zero attached hydrogens (tertiary/aromatic N) is 3. The molecule has 12 heteroatoms. The molecule has 0 amide bonds. The summed E-state index contributed by atoms with van der Waals surface area (Å²) in [5.74, 6) is -0.0321. The molecule has 0 bridgehead atoms. The molecule has 1 aliphatic carbocycles. The molecule has 1 saturated carbocycles. The lowest BCUT2D eigenvalue weighted by Crippen LogP contribution is -2.53. The van der Waals surface area contributed by atoms with Gasteiger partial charge in [0.2, 0.25) is 0 Å². The summed E-state index contributed by atoms with van der Waals surface area (Å²) in [6, 6.07) is 5.85. The molecule has 1 saturated heterocycles. The Morgan fingerprint density at radius 1 is 0.975 bits per heavy atom. The number of halogens is 6. The summed E-state index contributed by atoms with van der Waals surface area (Å²) in [6.07, 6.45) is -6.80. The van der Waals surface area contributed by atoms with Crippen LogP contribution in [0.1, 0.15) is 62.3 Å². The number of likely N-dealkylation sites (tertiary alicyclic amines) is 1. The van der Waals surface area contributed by atoms with E-state index in [9.17, 15) is 36.6 Å². The largest absolute Gasteiger partial charge is 0.492 e. The molecule has 218 valence electrons. The summed E-state index contributed by atoms with van der Waals surface area (Å²) in [6.45, 7) is 3.44. The maximum atomic E-state index is 14.1. The van der Waals surface area contributed by atoms with E-state index in [2.05, 4.69) is 4.98 Å². The van der Waals surface area contributed by atoms with Gasteiger partial charge < -0.3 is 19.5 Å². The molecule has 6 nitrogen and oxygen atoms in total. The van der Waals surface area contributed by atoms with Crippen molar-refractivity contribution in [3.8, 4) is 5.75 Å². The Morgan fingerprint density at radius 2 is 1.62 bits per heavy atom. The highest BCUT2D eigenvalue weighted by Gasteiger charge is 2.44. The summed E-state index contributed by atoms with van der Waals surface area (Å²) in [5.41, 5.74) is -3.69. The molecule has 0 spiro atoms. The quantitative estimate of drug-likeness (QED) is 0.373. The monoisotopic (exact) mass is 571 g/mol. The van der Waals surface area contributed by atoms with Crippen molar-refractivity contribution in [1.29, 1.82) is 0 Å². The first-order valence-corrected chi connectivity index (χ1v) is 13.0. The normalized spacial score (nSPS) is 29.9. The lowest BCUT2D eigenvalue weighted by molar-refractivity contribution is -0.138. The molecule has 1 aliphatic heterocycles. The molecule has 5 rings (SSSR count). The van der Waals surface area contributed by atoms with Crippen molar-refractivity contribution in [3.63, 3.8) is 0 Å². The Hall–Kier alpha value is -2.83. The lowest BCUT2D eigenvalue weighted by Gasteiger charge is -2.46. The van der Waals surface area contributed by atoms with Crippen molar-refractivity contribution >= 4 is 11.0 Å². The summed E-state index contributed by atoms with van der Waals surface area (Å²) >= 11 is 0. The van der Waals surface area contributed by atoms with Gasteiger partial charge in [-0.25, -0.2) is 4.98 Å². The first-order chi connectivity index (χ1) is 18.5. The third kappa shape index (κ3) is 5.40. The second-order valence-electron chi connectivity index (χ2n) is 11.5. The zero-order chi connectivity index (χ0) is 29.3. The van der Waals surface area contributed by atoms with Crippen LogP contribution in [-0.4, -0.2) is 56.0 Å². The smallest absolute Gasteiger partial charge is 0.418 e. The van der Waals surface area contributed by atoms with E-state index >= 15 is 0 Å². The number of benzene rings is 2. The SMILES string of the molecule is CC1CC(O)(c2ccc(C(F)(F)F)cc2)CC(COc2cc(C(F)(F)F)c3c(c2)ncn3C2CC(C)(O)C2)N1C. The average molecular weight is 572 g/mol. The van der Waals surface area contributed by atoms with Crippen LogP contribution < -0.4 is 4.74 Å². The van der Waals surface area contributed by atoms with Crippen LogP contribution in [0.5, 0.6) is 5.75 Å². The number of hydrogen-bond acceptors (Lipinski definition) is 5. The van der Waals surface area contributed by atoms with Gasteiger partial charge >= 0.3 is 12.4 Å². The van der Waals surface area contributed by atoms with Gasteiger partial charge in [-0.15, -0.1) is 0 Å². The van der Waals surface area contributed by atoms with Gasteiger partial charge in [0.1, 0.15) is 12.4 Å². The van der Waals surface area contributed by atoms with Crippen LogP contribution in [0.2, 0.25) is 0 Å². The molecular weight excluding hydrogens is 540 g/mol. The summed E-state index contributed by atoms with van der Waals surface area (Å²) < 4.78 is 88.8. The number of alkyl halides is 6. The van der Waals surface area contributed by atoms with Gasteiger partial charge in [-0.3, -0.25) is 4.90 Å². The molecule has 2 heterocycles. The van der Waals surface area contributed by atoms with Crippen molar-refractivity contribution in [2.45, 2.75) is 81.2 Å². The highest BCUT2D eigenvalue weighted by molar-refractivity contribution is 5.82. The second-order valence-corrected chi connectivity index (χ2v) is 11.5. The third-order valence-electron chi connectivity index (χ3n) is 8.36. The number of ether oxygens (including phenoxy) is 1. The van der Waals surface area contributed by atoms with Crippen molar-refractivity contribution in [1.82, 2.24) is 14.5 Å². The molecule has 2 aromatic carbocycles. The Kier molecular flexibility index (Phi) is 6.91. The molecule has 40 heavy (non-hydrogen) atoms. The topological polar surface area (TPSA) is 70.8 Å². The van der Waals surface area contributed by atoms with Crippen LogP contribution >= 0.6 is 0 Å². The van der Waals surface area contributed by atoms with Crippen LogP contribution in [0.3, 0.4) is 0 Å². The van der Waals surface area contributed by atoms with E-state index in [4.69, 9.17) is 4.74 Å². The van der Waals surface area contributed by atoms with Gasteiger partial charge in [-0.1, -0.05) is 12.1 Å². The number of imidazole rings is 1. The van der Waals surface area contributed by atoms with Gasteiger partial charge in [-0.05, 0) is 70.3 Å². The van der Waals surface area contributed by atoms with Crippen molar-refractivity contribution in [2.75, 3.05) is 13.7 Å². The predicted molar refractivity (Wildman–Crippen MR) is 135 cm³/mol. The molecule has 2 aliphatic rings. The van der Waals surface area contributed by atoms with E-state index in [1.54, 1.807) is 6.92 Å². The third-order valence-corrected chi connectivity index (χ3v) is 8.36. The minimum Gasteiger partial charge on any atom is -0.492 e. The van der Waals surface area contributed by atoms with E-state index in [0.29, 0.717) is 18.4 Å². The Bertz CT molecular complexity index is 1380. The fourth-order valence-electron chi connectivity index (χ4n) is 6.06.